The summed E-state index contributed by atoms with van der Waals surface area (Å²) in [7, 11) is 10.9. The monoisotopic (exact) mass is 535 g/mol. The van der Waals surface area contributed by atoms with E-state index in [2.05, 4.69) is 5.32 Å². The van der Waals surface area contributed by atoms with Gasteiger partial charge in [-0.25, -0.2) is 0 Å². The maximum absolute atomic E-state index is 12.8. The fourth-order valence-corrected chi connectivity index (χ4v) is 3.85. The third-order valence-corrected chi connectivity index (χ3v) is 5.77. The van der Waals surface area contributed by atoms with Gasteiger partial charge in [-0.3, -0.25) is 4.79 Å². The summed E-state index contributed by atoms with van der Waals surface area (Å²) in [4.78, 5) is 12.8. The SMILES string of the molecule is COc1ccc(NC(=O)/C=C/c2cc(OC)c(OC)c(OC)c2)c(C=Cc2cc(OC)c(OC)c(OC)c2)c1. The number of hydrogen-bond donors (Lipinski definition) is 1. The van der Waals surface area contributed by atoms with E-state index in [1.165, 1.54) is 27.4 Å². The molecule has 0 aliphatic heterocycles. The first-order valence-corrected chi connectivity index (χ1v) is 11.9. The Morgan fingerprint density at radius 1 is 0.590 bits per heavy atom. The standard InChI is InChI=1S/C30H33NO8/c1-33-22-11-12-23(21(18-22)10-8-19-14-24(34-2)29(38-6)25(15-19)35-3)31-28(32)13-9-20-16-26(36-4)30(39-7)27(17-20)37-5/h8-18H,1-7H3,(H,31,32)/b10-8?,13-9+. The number of nitrogens with one attached hydrogen (secondary N) is 1. The van der Waals surface area contributed by atoms with Gasteiger partial charge in [0.05, 0.1) is 49.8 Å². The summed E-state index contributed by atoms with van der Waals surface area (Å²) >= 11 is 0. The van der Waals surface area contributed by atoms with Gasteiger partial charge in [-0.1, -0.05) is 12.2 Å². The van der Waals surface area contributed by atoms with Gasteiger partial charge in [0.15, 0.2) is 23.0 Å². The average Bonchev–Trinajstić information content (AvgIpc) is 2.97. The first-order valence-electron chi connectivity index (χ1n) is 11.9. The van der Waals surface area contributed by atoms with Gasteiger partial charge in [0.2, 0.25) is 17.4 Å². The van der Waals surface area contributed by atoms with Crippen molar-refractivity contribution in [2.24, 2.45) is 0 Å². The smallest absolute Gasteiger partial charge is 0.248 e. The molecule has 0 aliphatic rings. The lowest BCUT2D eigenvalue weighted by molar-refractivity contribution is -0.111. The van der Waals surface area contributed by atoms with Gasteiger partial charge in [0.25, 0.3) is 0 Å². The number of methoxy groups -OCH3 is 7. The minimum absolute atomic E-state index is 0.323. The van der Waals surface area contributed by atoms with Crippen molar-refractivity contribution in [2.75, 3.05) is 55.1 Å². The molecule has 0 saturated heterocycles. The van der Waals surface area contributed by atoms with Crippen molar-refractivity contribution in [3.05, 3.63) is 65.2 Å². The number of benzene rings is 3. The molecule has 1 N–H and O–H groups in total. The van der Waals surface area contributed by atoms with E-state index >= 15 is 0 Å². The fourth-order valence-electron chi connectivity index (χ4n) is 3.85. The van der Waals surface area contributed by atoms with Gasteiger partial charge < -0.3 is 38.5 Å². The van der Waals surface area contributed by atoms with Crippen LogP contribution in [0.4, 0.5) is 5.69 Å². The number of rotatable bonds is 12. The van der Waals surface area contributed by atoms with Crippen LogP contribution in [0, 0.1) is 0 Å². The molecule has 39 heavy (non-hydrogen) atoms. The van der Waals surface area contributed by atoms with Crippen LogP contribution >= 0.6 is 0 Å². The lowest BCUT2D eigenvalue weighted by Gasteiger charge is -2.13. The second kappa shape index (κ2) is 13.7. The molecule has 0 bridgehead atoms. The Labute approximate surface area is 228 Å². The van der Waals surface area contributed by atoms with Crippen LogP contribution in [0.3, 0.4) is 0 Å². The molecule has 0 radical (unpaired) electrons. The predicted octanol–water partition coefficient (Wildman–Crippen LogP) is 5.57. The molecule has 3 aromatic carbocycles. The second-order valence-electron chi connectivity index (χ2n) is 8.03. The molecule has 3 aromatic rings. The number of carbonyl (C=O) groups excluding carboxylic acids is 1. The summed E-state index contributed by atoms with van der Waals surface area (Å²) in [6.07, 6.45) is 6.83. The number of anilines is 1. The van der Waals surface area contributed by atoms with Crippen molar-refractivity contribution >= 4 is 29.8 Å². The normalized spacial score (nSPS) is 10.8. The number of hydrogen-bond acceptors (Lipinski definition) is 8. The summed E-state index contributed by atoms with van der Waals surface area (Å²) in [5, 5.41) is 2.92. The van der Waals surface area contributed by atoms with Crippen LogP contribution < -0.4 is 38.5 Å². The number of ether oxygens (including phenoxy) is 7. The van der Waals surface area contributed by atoms with Crippen molar-refractivity contribution in [1.82, 2.24) is 0 Å². The van der Waals surface area contributed by atoms with Gasteiger partial charge in [-0.15, -0.1) is 0 Å². The molecule has 0 fully saturated rings. The Bertz CT molecular complexity index is 1310. The zero-order valence-electron chi connectivity index (χ0n) is 23.1. The third kappa shape index (κ3) is 6.95. The van der Waals surface area contributed by atoms with Gasteiger partial charge in [-0.05, 0) is 59.7 Å². The first kappa shape index (κ1) is 28.8. The molecular formula is C30H33NO8. The van der Waals surface area contributed by atoms with E-state index in [0.29, 0.717) is 51.5 Å². The van der Waals surface area contributed by atoms with Crippen LogP contribution in [0.2, 0.25) is 0 Å². The largest absolute Gasteiger partial charge is 0.497 e. The van der Waals surface area contributed by atoms with E-state index in [1.807, 2.05) is 30.4 Å². The van der Waals surface area contributed by atoms with Crippen LogP contribution in [0.1, 0.15) is 16.7 Å². The zero-order chi connectivity index (χ0) is 28.4. The summed E-state index contributed by atoms with van der Waals surface area (Å²) in [5.74, 6) is 3.35. The zero-order valence-corrected chi connectivity index (χ0v) is 23.1. The Morgan fingerprint density at radius 2 is 1.08 bits per heavy atom. The molecule has 0 aromatic heterocycles. The van der Waals surface area contributed by atoms with Gasteiger partial charge in [-0.2, -0.15) is 0 Å². The van der Waals surface area contributed by atoms with Crippen molar-refractivity contribution in [1.29, 1.82) is 0 Å². The summed E-state index contributed by atoms with van der Waals surface area (Å²) in [6, 6.07) is 12.5. The van der Waals surface area contributed by atoms with E-state index in [-0.39, 0.29) is 5.91 Å². The minimum atomic E-state index is -0.323. The highest BCUT2D eigenvalue weighted by Gasteiger charge is 2.14. The second-order valence-corrected chi connectivity index (χ2v) is 8.03. The van der Waals surface area contributed by atoms with Crippen LogP contribution in [-0.2, 0) is 4.79 Å². The molecule has 0 heterocycles. The van der Waals surface area contributed by atoms with E-state index in [4.69, 9.17) is 33.2 Å². The van der Waals surface area contributed by atoms with Gasteiger partial charge in [0.1, 0.15) is 5.75 Å². The van der Waals surface area contributed by atoms with Crippen LogP contribution in [0.25, 0.3) is 18.2 Å². The molecular weight excluding hydrogens is 502 g/mol. The summed E-state index contributed by atoms with van der Waals surface area (Å²) < 4.78 is 37.8. The van der Waals surface area contributed by atoms with E-state index in [0.717, 1.165) is 11.1 Å². The molecule has 0 aliphatic carbocycles. The van der Waals surface area contributed by atoms with Gasteiger partial charge in [0, 0.05) is 17.3 Å². The lowest BCUT2D eigenvalue weighted by atomic mass is 10.1. The van der Waals surface area contributed by atoms with Crippen molar-refractivity contribution < 1.29 is 38.0 Å². The lowest BCUT2D eigenvalue weighted by Crippen LogP contribution is -2.09. The Kier molecular flexibility index (Phi) is 10.1. The molecule has 0 saturated carbocycles. The molecule has 0 atom stereocenters. The summed E-state index contributed by atoms with van der Waals surface area (Å²) in [6.45, 7) is 0. The van der Waals surface area contributed by atoms with Gasteiger partial charge >= 0.3 is 0 Å². The maximum Gasteiger partial charge on any atom is 0.248 e. The van der Waals surface area contributed by atoms with E-state index in [1.54, 1.807) is 58.8 Å². The minimum Gasteiger partial charge on any atom is -0.497 e. The fraction of sp³-hybridized carbons (Fsp3) is 0.233. The van der Waals surface area contributed by atoms with Crippen molar-refractivity contribution in [3.8, 4) is 40.2 Å². The highest BCUT2D eigenvalue weighted by Crippen LogP contribution is 2.39. The molecule has 3 rings (SSSR count). The van der Waals surface area contributed by atoms with Crippen molar-refractivity contribution in [2.45, 2.75) is 0 Å². The quantitative estimate of drug-likeness (QED) is 0.238. The van der Waals surface area contributed by atoms with E-state index in [9.17, 15) is 4.79 Å². The maximum atomic E-state index is 12.8. The van der Waals surface area contributed by atoms with Crippen LogP contribution in [-0.4, -0.2) is 55.7 Å². The van der Waals surface area contributed by atoms with Crippen LogP contribution in [0.5, 0.6) is 40.2 Å². The molecule has 0 unspecified atom stereocenters. The Balaban J connectivity index is 1.88. The first-order chi connectivity index (χ1) is 18.9. The number of carbonyl (C=O) groups is 1. The Hall–Kier alpha value is -4.79. The average molecular weight is 536 g/mol. The molecule has 206 valence electrons. The molecule has 0 spiro atoms. The highest BCUT2D eigenvalue weighted by atomic mass is 16.5. The highest BCUT2D eigenvalue weighted by molar-refractivity contribution is 6.03. The van der Waals surface area contributed by atoms with E-state index < -0.39 is 0 Å². The van der Waals surface area contributed by atoms with Crippen molar-refractivity contribution in [3.63, 3.8) is 0 Å². The van der Waals surface area contributed by atoms with Crippen LogP contribution in [0.15, 0.2) is 48.5 Å². The number of amides is 1. The molecule has 9 nitrogen and oxygen atoms in total. The Morgan fingerprint density at radius 3 is 1.51 bits per heavy atom. The summed E-state index contributed by atoms with van der Waals surface area (Å²) in [5.41, 5.74) is 2.85. The third-order valence-electron chi connectivity index (χ3n) is 5.77. The predicted molar refractivity (Wildman–Crippen MR) is 152 cm³/mol. The topological polar surface area (TPSA) is 93.7 Å². The molecule has 1 amide bonds. The molecule has 9 heteroatoms.